The summed E-state index contributed by atoms with van der Waals surface area (Å²) in [5.41, 5.74) is 0.234. The van der Waals surface area contributed by atoms with Crippen molar-refractivity contribution in [3.05, 3.63) is 48.4 Å². The molecule has 0 radical (unpaired) electrons. The van der Waals surface area contributed by atoms with Crippen LogP contribution in [0.5, 0.6) is 0 Å². The van der Waals surface area contributed by atoms with Crippen LogP contribution in [0.1, 0.15) is 5.76 Å². The van der Waals surface area contributed by atoms with Gasteiger partial charge in [-0.2, -0.15) is 4.31 Å². The average Bonchev–Trinajstić information content (AvgIpc) is 3.06. The van der Waals surface area contributed by atoms with Gasteiger partial charge in [0.05, 0.1) is 30.5 Å². The Morgan fingerprint density at radius 2 is 1.88 bits per heavy atom. The Morgan fingerprint density at radius 1 is 1.15 bits per heavy atom. The number of furan rings is 1. The minimum absolute atomic E-state index is 0.00885. The van der Waals surface area contributed by atoms with Crippen LogP contribution in [-0.2, 0) is 31.4 Å². The van der Waals surface area contributed by atoms with Crippen molar-refractivity contribution < 1.29 is 26.0 Å². The van der Waals surface area contributed by atoms with E-state index in [2.05, 4.69) is 10.0 Å². The maximum absolute atomic E-state index is 12.3. The number of amides is 1. The number of nitrogens with one attached hydrogen (secondary N) is 2. The standard InChI is InChI=1S/C15H19N3O6S2/c1-18(25(2,20)21)11-15(19)17-12-5-3-7-14(9-12)26(22,23)16-10-13-6-4-8-24-13/h3-9,16H,10-11H2,1-2H3,(H,17,19). The van der Waals surface area contributed by atoms with E-state index < -0.39 is 26.0 Å². The number of rotatable bonds is 8. The van der Waals surface area contributed by atoms with Crippen LogP contribution in [0.2, 0.25) is 0 Å². The van der Waals surface area contributed by atoms with Crippen LogP contribution in [0.3, 0.4) is 0 Å². The molecule has 2 N–H and O–H groups in total. The fraction of sp³-hybridized carbons (Fsp3) is 0.267. The molecule has 1 aromatic heterocycles. The number of carbonyl (C=O) groups is 1. The van der Waals surface area contributed by atoms with Crippen LogP contribution in [0.4, 0.5) is 5.69 Å². The third kappa shape index (κ3) is 5.66. The second kappa shape index (κ2) is 7.99. The molecule has 0 saturated heterocycles. The van der Waals surface area contributed by atoms with E-state index in [4.69, 9.17) is 4.42 Å². The van der Waals surface area contributed by atoms with E-state index in [-0.39, 0.29) is 23.7 Å². The van der Waals surface area contributed by atoms with Gasteiger partial charge in [0.2, 0.25) is 26.0 Å². The molecule has 11 heteroatoms. The van der Waals surface area contributed by atoms with Crippen molar-refractivity contribution in [3.8, 4) is 0 Å². The first-order valence-corrected chi connectivity index (χ1v) is 10.7. The lowest BCUT2D eigenvalue weighted by molar-refractivity contribution is -0.116. The van der Waals surface area contributed by atoms with E-state index in [0.29, 0.717) is 5.76 Å². The molecule has 1 amide bonds. The molecular weight excluding hydrogens is 382 g/mol. The monoisotopic (exact) mass is 401 g/mol. The second-order valence-corrected chi connectivity index (χ2v) is 9.36. The third-order valence-electron chi connectivity index (χ3n) is 3.38. The summed E-state index contributed by atoms with van der Waals surface area (Å²) in [4.78, 5) is 11.9. The zero-order chi connectivity index (χ0) is 19.4. The predicted octanol–water partition coefficient (Wildman–Crippen LogP) is 0.588. The molecule has 0 aliphatic rings. The quantitative estimate of drug-likeness (QED) is 0.667. The first-order chi connectivity index (χ1) is 12.1. The van der Waals surface area contributed by atoms with Crippen molar-refractivity contribution in [2.75, 3.05) is 25.2 Å². The van der Waals surface area contributed by atoms with Gasteiger partial charge in [0.15, 0.2) is 0 Å². The summed E-state index contributed by atoms with van der Waals surface area (Å²) in [7, 11) is -6.03. The third-order valence-corrected chi connectivity index (χ3v) is 6.04. The zero-order valence-electron chi connectivity index (χ0n) is 14.2. The Bertz CT molecular complexity index is 969. The zero-order valence-corrected chi connectivity index (χ0v) is 15.8. The van der Waals surface area contributed by atoms with Gasteiger partial charge in [-0.05, 0) is 30.3 Å². The number of hydrogen-bond donors (Lipinski definition) is 2. The van der Waals surface area contributed by atoms with Crippen LogP contribution in [-0.4, -0.2) is 46.9 Å². The molecule has 0 bridgehead atoms. The van der Waals surface area contributed by atoms with Crippen molar-refractivity contribution >= 4 is 31.6 Å². The Morgan fingerprint density at radius 3 is 2.50 bits per heavy atom. The molecule has 0 aliphatic carbocycles. The average molecular weight is 401 g/mol. The van der Waals surface area contributed by atoms with Gasteiger partial charge in [-0.1, -0.05) is 6.07 Å². The van der Waals surface area contributed by atoms with E-state index in [1.165, 1.54) is 37.6 Å². The van der Waals surface area contributed by atoms with Gasteiger partial charge in [-0.15, -0.1) is 0 Å². The lowest BCUT2D eigenvalue weighted by Gasteiger charge is -2.14. The van der Waals surface area contributed by atoms with Gasteiger partial charge >= 0.3 is 0 Å². The van der Waals surface area contributed by atoms with Crippen molar-refractivity contribution in [3.63, 3.8) is 0 Å². The first-order valence-electron chi connectivity index (χ1n) is 7.41. The lowest BCUT2D eigenvalue weighted by atomic mass is 10.3. The molecule has 142 valence electrons. The molecule has 9 nitrogen and oxygen atoms in total. The Hall–Kier alpha value is -2.21. The fourth-order valence-electron chi connectivity index (χ4n) is 1.92. The van der Waals surface area contributed by atoms with Gasteiger partial charge < -0.3 is 9.73 Å². The summed E-state index contributed by atoms with van der Waals surface area (Å²) in [6.45, 7) is -0.391. The SMILES string of the molecule is CN(CC(=O)Nc1cccc(S(=O)(=O)NCc2ccco2)c1)S(C)(=O)=O. The number of hydrogen-bond acceptors (Lipinski definition) is 6. The van der Waals surface area contributed by atoms with Crippen molar-refractivity contribution in [1.82, 2.24) is 9.03 Å². The number of likely N-dealkylation sites (N-methyl/N-ethyl adjacent to an activating group) is 1. The molecule has 1 aromatic carbocycles. The summed E-state index contributed by atoms with van der Waals surface area (Å²) >= 11 is 0. The van der Waals surface area contributed by atoms with Gasteiger partial charge in [-0.25, -0.2) is 21.6 Å². The maximum atomic E-state index is 12.3. The molecule has 26 heavy (non-hydrogen) atoms. The van der Waals surface area contributed by atoms with Crippen LogP contribution in [0.15, 0.2) is 52.0 Å². The highest BCUT2D eigenvalue weighted by Gasteiger charge is 2.17. The molecule has 1 heterocycles. The second-order valence-electron chi connectivity index (χ2n) is 5.50. The number of carbonyl (C=O) groups excluding carboxylic acids is 1. The molecule has 0 unspecified atom stereocenters. The highest BCUT2D eigenvalue weighted by Crippen LogP contribution is 2.16. The highest BCUT2D eigenvalue weighted by atomic mass is 32.2. The maximum Gasteiger partial charge on any atom is 0.241 e. The van der Waals surface area contributed by atoms with Gasteiger partial charge in [-0.3, -0.25) is 4.79 Å². The lowest BCUT2D eigenvalue weighted by Crippen LogP contribution is -2.34. The van der Waals surface area contributed by atoms with Crippen molar-refractivity contribution in [2.45, 2.75) is 11.4 Å². The Balaban J connectivity index is 2.05. The largest absolute Gasteiger partial charge is 0.468 e. The number of sulfonamides is 2. The molecule has 2 rings (SSSR count). The molecule has 0 fully saturated rings. The molecule has 2 aromatic rings. The molecule has 0 spiro atoms. The van der Waals surface area contributed by atoms with E-state index in [1.54, 1.807) is 12.1 Å². The first kappa shape index (κ1) is 20.1. The van der Waals surface area contributed by atoms with Crippen LogP contribution in [0, 0.1) is 0 Å². The number of anilines is 1. The van der Waals surface area contributed by atoms with Crippen molar-refractivity contribution in [2.24, 2.45) is 0 Å². The van der Waals surface area contributed by atoms with Gasteiger partial charge in [0.25, 0.3) is 0 Å². The highest BCUT2D eigenvalue weighted by molar-refractivity contribution is 7.89. The summed E-state index contributed by atoms with van der Waals surface area (Å²) < 4.78 is 55.6. The number of benzene rings is 1. The van der Waals surface area contributed by atoms with Crippen LogP contribution in [0.25, 0.3) is 0 Å². The van der Waals surface area contributed by atoms with E-state index in [0.717, 1.165) is 10.6 Å². The molecular formula is C15H19N3O6S2. The normalized spacial score (nSPS) is 12.3. The fourth-order valence-corrected chi connectivity index (χ4v) is 3.31. The van der Waals surface area contributed by atoms with E-state index in [1.807, 2.05) is 0 Å². The summed E-state index contributed by atoms with van der Waals surface area (Å²) in [6.07, 6.45) is 2.42. The van der Waals surface area contributed by atoms with E-state index >= 15 is 0 Å². The summed E-state index contributed by atoms with van der Waals surface area (Å²) in [5, 5.41) is 2.47. The van der Waals surface area contributed by atoms with Gasteiger partial charge in [0, 0.05) is 12.7 Å². The predicted molar refractivity (Wildman–Crippen MR) is 95.3 cm³/mol. The Labute approximate surface area is 152 Å². The van der Waals surface area contributed by atoms with Crippen molar-refractivity contribution in [1.29, 1.82) is 0 Å². The smallest absolute Gasteiger partial charge is 0.241 e. The topological polar surface area (TPSA) is 126 Å². The van der Waals surface area contributed by atoms with Crippen LogP contribution < -0.4 is 10.0 Å². The van der Waals surface area contributed by atoms with E-state index in [9.17, 15) is 21.6 Å². The summed E-state index contributed by atoms with van der Waals surface area (Å²) in [5.74, 6) is -0.127. The summed E-state index contributed by atoms with van der Waals surface area (Å²) in [6, 6.07) is 8.91. The van der Waals surface area contributed by atoms with Crippen LogP contribution >= 0.6 is 0 Å². The Kier molecular flexibility index (Phi) is 6.18. The molecule has 0 aliphatic heterocycles. The minimum Gasteiger partial charge on any atom is -0.468 e. The number of nitrogens with zero attached hydrogens (tertiary/aromatic N) is 1. The molecule has 0 saturated carbocycles. The van der Waals surface area contributed by atoms with Gasteiger partial charge in [0.1, 0.15) is 5.76 Å². The molecule has 0 atom stereocenters. The minimum atomic E-state index is -3.81.